The number of carbonyl (C=O) groups is 1. The summed E-state index contributed by atoms with van der Waals surface area (Å²) < 4.78 is 18.5. The molecule has 2 aromatic rings. The lowest BCUT2D eigenvalue weighted by molar-refractivity contribution is -0.127. The molecule has 0 saturated heterocycles. The van der Waals surface area contributed by atoms with Crippen LogP contribution in [0.4, 0.5) is 4.39 Å². The van der Waals surface area contributed by atoms with Crippen LogP contribution in [-0.2, 0) is 4.79 Å². The van der Waals surface area contributed by atoms with Gasteiger partial charge in [0.2, 0.25) is 0 Å². The predicted octanol–water partition coefficient (Wildman–Crippen LogP) is 4.12. The second-order valence-corrected chi connectivity index (χ2v) is 5.44. The molecule has 0 aliphatic carbocycles. The van der Waals surface area contributed by atoms with Gasteiger partial charge in [-0.15, -0.1) is 0 Å². The summed E-state index contributed by atoms with van der Waals surface area (Å²) in [5.41, 5.74) is 0.824. The third-order valence-electron chi connectivity index (χ3n) is 3.21. The first-order valence-electron chi connectivity index (χ1n) is 6.94. The van der Waals surface area contributed by atoms with E-state index < -0.39 is 6.10 Å². The van der Waals surface area contributed by atoms with E-state index in [1.807, 2.05) is 6.92 Å². The van der Waals surface area contributed by atoms with Gasteiger partial charge in [-0.25, -0.2) is 4.39 Å². The van der Waals surface area contributed by atoms with Gasteiger partial charge in [-0.3, -0.25) is 4.79 Å². The lowest BCUT2D eigenvalue weighted by Crippen LogP contribution is -2.37. The minimum atomic E-state index is -0.665. The first kappa shape index (κ1) is 16.3. The van der Waals surface area contributed by atoms with Gasteiger partial charge in [0.25, 0.3) is 5.91 Å². The van der Waals surface area contributed by atoms with Crippen molar-refractivity contribution in [3.8, 4) is 5.75 Å². The minimum absolute atomic E-state index is 0.237. The van der Waals surface area contributed by atoms with E-state index in [0.717, 1.165) is 5.56 Å². The van der Waals surface area contributed by atoms with Gasteiger partial charge < -0.3 is 10.1 Å². The molecule has 116 valence electrons. The fraction of sp³-hybridized carbons (Fsp3) is 0.235. The van der Waals surface area contributed by atoms with Crippen LogP contribution in [0.3, 0.4) is 0 Å². The molecule has 22 heavy (non-hydrogen) atoms. The molecule has 1 amide bonds. The molecular weight excluding hydrogens is 305 g/mol. The molecule has 0 radical (unpaired) electrons. The molecule has 0 aliphatic heterocycles. The molecule has 0 saturated carbocycles. The van der Waals surface area contributed by atoms with E-state index in [1.165, 1.54) is 12.1 Å². The van der Waals surface area contributed by atoms with Gasteiger partial charge in [0, 0.05) is 5.02 Å². The molecule has 0 aliphatic rings. The number of rotatable bonds is 5. The number of nitrogens with one attached hydrogen (secondary N) is 1. The Kier molecular flexibility index (Phi) is 5.39. The Balaban J connectivity index is 1.94. The monoisotopic (exact) mass is 321 g/mol. The van der Waals surface area contributed by atoms with E-state index in [2.05, 4.69) is 5.32 Å². The van der Waals surface area contributed by atoms with Crippen LogP contribution in [0.15, 0.2) is 48.5 Å². The third-order valence-corrected chi connectivity index (χ3v) is 3.44. The van der Waals surface area contributed by atoms with Gasteiger partial charge in [-0.1, -0.05) is 29.8 Å². The summed E-state index contributed by atoms with van der Waals surface area (Å²) in [5.74, 6) is -0.0266. The second-order valence-electron chi connectivity index (χ2n) is 5.00. The zero-order chi connectivity index (χ0) is 16.1. The maximum Gasteiger partial charge on any atom is 0.261 e. The first-order chi connectivity index (χ1) is 10.5. The Morgan fingerprint density at radius 2 is 1.86 bits per heavy atom. The normalized spacial score (nSPS) is 13.3. The second kappa shape index (κ2) is 7.27. The highest BCUT2D eigenvalue weighted by atomic mass is 35.5. The number of benzene rings is 2. The molecular formula is C17H17ClFNO2. The Labute approximate surface area is 134 Å². The van der Waals surface area contributed by atoms with Crippen molar-refractivity contribution in [2.45, 2.75) is 26.0 Å². The van der Waals surface area contributed by atoms with Gasteiger partial charge in [0.05, 0.1) is 6.04 Å². The van der Waals surface area contributed by atoms with Crippen molar-refractivity contribution in [1.29, 1.82) is 0 Å². The quantitative estimate of drug-likeness (QED) is 0.899. The number of halogens is 2. The molecule has 5 heteroatoms. The minimum Gasteiger partial charge on any atom is -0.481 e. The van der Waals surface area contributed by atoms with Gasteiger partial charge in [0.1, 0.15) is 11.6 Å². The van der Waals surface area contributed by atoms with Crippen LogP contribution in [0.2, 0.25) is 5.02 Å². The first-order valence-corrected chi connectivity index (χ1v) is 7.31. The summed E-state index contributed by atoms with van der Waals surface area (Å²) in [6, 6.07) is 12.6. The molecule has 2 atom stereocenters. The summed E-state index contributed by atoms with van der Waals surface area (Å²) in [4.78, 5) is 12.1. The smallest absolute Gasteiger partial charge is 0.261 e. The predicted molar refractivity (Wildman–Crippen MR) is 84.5 cm³/mol. The van der Waals surface area contributed by atoms with Crippen molar-refractivity contribution in [3.05, 3.63) is 64.9 Å². The summed E-state index contributed by atoms with van der Waals surface area (Å²) in [6.07, 6.45) is -0.665. The van der Waals surface area contributed by atoms with Gasteiger partial charge in [-0.05, 0) is 49.7 Å². The molecule has 2 rings (SSSR count). The van der Waals surface area contributed by atoms with Crippen LogP contribution < -0.4 is 10.1 Å². The highest BCUT2D eigenvalue weighted by molar-refractivity contribution is 6.30. The van der Waals surface area contributed by atoms with Crippen LogP contribution in [0.5, 0.6) is 5.75 Å². The molecule has 0 aromatic heterocycles. The van der Waals surface area contributed by atoms with Crippen molar-refractivity contribution in [2.75, 3.05) is 0 Å². The molecule has 2 aromatic carbocycles. The fourth-order valence-corrected chi connectivity index (χ4v) is 2.14. The molecule has 0 bridgehead atoms. The van der Waals surface area contributed by atoms with Crippen LogP contribution in [0.25, 0.3) is 0 Å². The van der Waals surface area contributed by atoms with E-state index in [4.69, 9.17) is 16.3 Å². The van der Waals surface area contributed by atoms with Gasteiger partial charge in [-0.2, -0.15) is 0 Å². The lowest BCUT2D eigenvalue weighted by atomic mass is 10.1. The van der Waals surface area contributed by atoms with E-state index in [1.54, 1.807) is 43.3 Å². The number of carbonyl (C=O) groups excluding carboxylic acids is 1. The van der Waals surface area contributed by atoms with Crippen molar-refractivity contribution >= 4 is 17.5 Å². The Morgan fingerprint density at radius 1 is 1.18 bits per heavy atom. The highest BCUT2D eigenvalue weighted by Gasteiger charge is 2.17. The summed E-state index contributed by atoms with van der Waals surface area (Å²) in [6.45, 7) is 3.49. The van der Waals surface area contributed by atoms with Crippen LogP contribution >= 0.6 is 11.6 Å². The third kappa shape index (κ3) is 4.46. The molecule has 0 spiro atoms. The van der Waals surface area contributed by atoms with Crippen molar-refractivity contribution in [2.24, 2.45) is 0 Å². The van der Waals surface area contributed by atoms with E-state index >= 15 is 0 Å². The standard InChI is InChI=1S/C17H17ClFNO2/c1-11(13-6-8-15(19)9-7-13)20-17(21)12(2)22-16-5-3-4-14(18)10-16/h3-12H,1-2H3,(H,20,21). The van der Waals surface area contributed by atoms with Crippen LogP contribution in [0.1, 0.15) is 25.5 Å². The average molecular weight is 322 g/mol. The van der Waals surface area contributed by atoms with E-state index in [9.17, 15) is 9.18 Å². The Bertz CT molecular complexity index is 645. The van der Waals surface area contributed by atoms with Crippen LogP contribution in [0, 0.1) is 5.82 Å². The number of ether oxygens (including phenoxy) is 1. The van der Waals surface area contributed by atoms with Crippen molar-refractivity contribution in [3.63, 3.8) is 0 Å². The topological polar surface area (TPSA) is 38.3 Å². The highest BCUT2D eigenvalue weighted by Crippen LogP contribution is 2.19. The molecule has 0 heterocycles. The van der Waals surface area contributed by atoms with E-state index in [-0.39, 0.29) is 17.8 Å². The van der Waals surface area contributed by atoms with Gasteiger partial charge >= 0.3 is 0 Å². The largest absolute Gasteiger partial charge is 0.481 e. The summed E-state index contributed by atoms with van der Waals surface area (Å²) in [7, 11) is 0. The number of hydrogen-bond donors (Lipinski definition) is 1. The Hall–Kier alpha value is -2.07. The maximum atomic E-state index is 12.9. The van der Waals surface area contributed by atoms with E-state index in [0.29, 0.717) is 10.8 Å². The zero-order valence-electron chi connectivity index (χ0n) is 12.3. The zero-order valence-corrected chi connectivity index (χ0v) is 13.1. The number of amides is 1. The summed E-state index contributed by atoms with van der Waals surface area (Å²) in [5, 5.41) is 3.38. The molecule has 0 fully saturated rings. The number of hydrogen-bond acceptors (Lipinski definition) is 2. The SMILES string of the molecule is CC(Oc1cccc(Cl)c1)C(=O)NC(C)c1ccc(F)cc1. The molecule has 1 N–H and O–H groups in total. The van der Waals surface area contributed by atoms with Crippen molar-refractivity contribution in [1.82, 2.24) is 5.32 Å². The maximum absolute atomic E-state index is 12.9. The van der Waals surface area contributed by atoms with Gasteiger partial charge in [0.15, 0.2) is 6.10 Å². The average Bonchev–Trinajstić information content (AvgIpc) is 2.47. The lowest BCUT2D eigenvalue weighted by Gasteiger charge is -2.19. The van der Waals surface area contributed by atoms with Crippen LogP contribution in [-0.4, -0.2) is 12.0 Å². The molecule has 3 nitrogen and oxygen atoms in total. The summed E-state index contributed by atoms with van der Waals surface area (Å²) >= 11 is 5.87. The van der Waals surface area contributed by atoms with Crippen molar-refractivity contribution < 1.29 is 13.9 Å². The Morgan fingerprint density at radius 3 is 2.50 bits per heavy atom. The fourth-order valence-electron chi connectivity index (χ4n) is 1.96. The molecule has 2 unspecified atom stereocenters.